The molecule has 0 unspecified atom stereocenters. The molecular weight excluding hydrogens is 258 g/mol. The van der Waals surface area contributed by atoms with Crippen molar-refractivity contribution in [3.63, 3.8) is 0 Å². The molecule has 4 rings (SSSR count). The van der Waals surface area contributed by atoms with Crippen LogP contribution in [0.15, 0.2) is 60.9 Å². The molecule has 0 spiro atoms. The maximum absolute atomic E-state index is 4.48. The number of aromatic amines is 1. The Labute approximate surface area is 123 Å². The molecule has 2 aromatic heterocycles. The molecule has 0 saturated heterocycles. The first kappa shape index (κ1) is 12.2. The third-order valence-electron chi connectivity index (χ3n) is 4.10. The highest BCUT2D eigenvalue weighted by Gasteiger charge is 2.14. The van der Waals surface area contributed by atoms with Gasteiger partial charge in [0, 0.05) is 24.7 Å². The van der Waals surface area contributed by atoms with Crippen LogP contribution in [0.3, 0.4) is 0 Å². The van der Waals surface area contributed by atoms with E-state index in [1.54, 1.807) is 0 Å². The monoisotopic (exact) mass is 275 g/mol. The van der Waals surface area contributed by atoms with Gasteiger partial charge in [0.25, 0.3) is 0 Å². The Morgan fingerprint density at radius 2 is 2.00 bits per heavy atom. The van der Waals surface area contributed by atoms with Crippen LogP contribution >= 0.6 is 0 Å². The Kier molecular flexibility index (Phi) is 2.96. The average Bonchev–Trinajstić information content (AvgIpc) is 3.03. The molecule has 21 heavy (non-hydrogen) atoms. The van der Waals surface area contributed by atoms with Gasteiger partial charge in [0.1, 0.15) is 5.65 Å². The van der Waals surface area contributed by atoms with Crippen LogP contribution in [0.5, 0.6) is 0 Å². The zero-order valence-electron chi connectivity index (χ0n) is 11.8. The summed E-state index contributed by atoms with van der Waals surface area (Å²) in [5, 5.41) is 1.17. The van der Waals surface area contributed by atoms with Crippen molar-refractivity contribution in [2.75, 3.05) is 18.0 Å². The van der Waals surface area contributed by atoms with Crippen LogP contribution in [0.25, 0.3) is 16.6 Å². The molecule has 104 valence electrons. The van der Waals surface area contributed by atoms with Gasteiger partial charge in [0.05, 0.1) is 11.9 Å². The molecule has 0 atom stereocenters. The summed E-state index contributed by atoms with van der Waals surface area (Å²) in [6, 6.07) is 14.9. The number of anilines is 1. The van der Waals surface area contributed by atoms with E-state index < -0.39 is 0 Å². The first-order chi connectivity index (χ1) is 10.4. The number of aromatic nitrogens is 2. The van der Waals surface area contributed by atoms with Crippen LogP contribution < -0.4 is 4.90 Å². The van der Waals surface area contributed by atoms with E-state index in [1.165, 1.54) is 22.2 Å². The fourth-order valence-corrected chi connectivity index (χ4v) is 2.92. The predicted molar refractivity (Wildman–Crippen MR) is 87.3 cm³/mol. The summed E-state index contributed by atoms with van der Waals surface area (Å²) in [5.74, 6) is 0. The molecule has 1 aliphatic rings. The molecule has 0 radical (unpaired) electrons. The highest BCUT2D eigenvalue weighted by Crippen LogP contribution is 2.26. The lowest BCUT2D eigenvalue weighted by atomic mass is 9.99. The summed E-state index contributed by atoms with van der Waals surface area (Å²) in [6.45, 7) is 1.99. The van der Waals surface area contributed by atoms with E-state index in [4.69, 9.17) is 0 Å². The number of hydrogen-bond acceptors (Lipinski definition) is 2. The van der Waals surface area contributed by atoms with E-state index in [1.807, 2.05) is 12.4 Å². The lowest BCUT2D eigenvalue weighted by Gasteiger charge is -2.28. The topological polar surface area (TPSA) is 31.9 Å². The first-order valence-corrected chi connectivity index (χ1v) is 7.33. The maximum Gasteiger partial charge on any atom is 0.137 e. The minimum atomic E-state index is 0.946. The van der Waals surface area contributed by atoms with Crippen LogP contribution in [0.1, 0.15) is 12.0 Å². The Morgan fingerprint density at radius 3 is 2.81 bits per heavy atom. The third kappa shape index (κ3) is 2.31. The van der Waals surface area contributed by atoms with Crippen molar-refractivity contribution in [1.82, 2.24) is 9.97 Å². The second kappa shape index (κ2) is 5.09. The number of hydrogen-bond donors (Lipinski definition) is 1. The SMILES string of the molecule is C1=C(c2ccccc2)CCN(c2cnc3[nH]ccc3c2)C1. The van der Waals surface area contributed by atoms with Crippen molar-refractivity contribution >= 4 is 22.3 Å². The second-order valence-corrected chi connectivity index (χ2v) is 5.40. The maximum atomic E-state index is 4.48. The quantitative estimate of drug-likeness (QED) is 0.770. The van der Waals surface area contributed by atoms with E-state index in [0.717, 1.165) is 25.2 Å². The standard InChI is InChI=1S/C18H17N3/c1-2-4-14(5-3-1)15-7-10-21(11-8-15)17-12-16-6-9-19-18(16)20-13-17/h1-7,9,12-13H,8,10-11H2,(H,19,20). The number of pyridine rings is 1. The molecule has 0 fully saturated rings. The van der Waals surface area contributed by atoms with Crippen molar-refractivity contribution in [1.29, 1.82) is 0 Å². The van der Waals surface area contributed by atoms with Gasteiger partial charge in [-0.1, -0.05) is 36.4 Å². The van der Waals surface area contributed by atoms with Gasteiger partial charge in [-0.25, -0.2) is 4.98 Å². The molecule has 3 heterocycles. The van der Waals surface area contributed by atoms with Gasteiger partial charge in [-0.05, 0) is 29.7 Å². The molecule has 1 aromatic carbocycles. The number of nitrogens with zero attached hydrogens (tertiary/aromatic N) is 2. The van der Waals surface area contributed by atoms with Crippen molar-refractivity contribution in [2.45, 2.75) is 6.42 Å². The Balaban J connectivity index is 1.57. The van der Waals surface area contributed by atoms with Crippen molar-refractivity contribution in [2.24, 2.45) is 0 Å². The number of fused-ring (bicyclic) bond motifs is 1. The largest absolute Gasteiger partial charge is 0.366 e. The fourth-order valence-electron chi connectivity index (χ4n) is 2.92. The van der Waals surface area contributed by atoms with Gasteiger partial charge in [0.15, 0.2) is 0 Å². The smallest absolute Gasteiger partial charge is 0.137 e. The molecular formula is C18H17N3. The summed E-state index contributed by atoms with van der Waals surface area (Å²) in [7, 11) is 0. The van der Waals surface area contributed by atoms with Gasteiger partial charge in [0.2, 0.25) is 0 Å². The third-order valence-corrected chi connectivity index (χ3v) is 4.10. The highest BCUT2D eigenvalue weighted by atomic mass is 15.1. The van der Waals surface area contributed by atoms with E-state index in [9.17, 15) is 0 Å². The Bertz CT molecular complexity index is 786. The molecule has 0 bridgehead atoms. The minimum absolute atomic E-state index is 0.946. The average molecular weight is 275 g/mol. The first-order valence-electron chi connectivity index (χ1n) is 7.33. The summed E-state index contributed by atoms with van der Waals surface area (Å²) < 4.78 is 0. The van der Waals surface area contributed by atoms with Gasteiger partial charge < -0.3 is 9.88 Å². The second-order valence-electron chi connectivity index (χ2n) is 5.40. The molecule has 0 amide bonds. The highest BCUT2D eigenvalue weighted by molar-refractivity contribution is 5.79. The van der Waals surface area contributed by atoms with E-state index >= 15 is 0 Å². The van der Waals surface area contributed by atoms with Crippen molar-refractivity contribution < 1.29 is 0 Å². The zero-order valence-corrected chi connectivity index (χ0v) is 11.8. The molecule has 0 aliphatic carbocycles. The van der Waals surface area contributed by atoms with E-state index in [2.05, 4.69) is 63.4 Å². The molecule has 1 aliphatic heterocycles. The van der Waals surface area contributed by atoms with Crippen LogP contribution in [-0.4, -0.2) is 23.1 Å². The molecule has 1 N–H and O–H groups in total. The predicted octanol–water partition coefficient (Wildman–Crippen LogP) is 3.86. The van der Waals surface area contributed by atoms with Gasteiger partial charge in [-0.2, -0.15) is 0 Å². The summed E-state index contributed by atoms with van der Waals surface area (Å²) >= 11 is 0. The van der Waals surface area contributed by atoms with Crippen LogP contribution in [0, 0.1) is 0 Å². The lowest BCUT2D eigenvalue weighted by molar-refractivity contribution is 0.831. The van der Waals surface area contributed by atoms with Crippen molar-refractivity contribution in [3.8, 4) is 0 Å². The Morgan fingerprint density at radius 1 is 1.10 bits per heavy atom. The molecule has 3 aromatic rings. The number of benzene rings is 1. The summed E-state index contributed by atoms with van der Waals surface area (Å²) in [4.78, 5) is 9.99. The minimum Gasteiger partial charge on any atom is -0.366 e. The van der Waals surface area contributed by atoms with Gasteiger partial charge in [-0.15, -0.1) is 0 Å². The number of rotatable bonds is 2. The molecule has 0 saturated carbocycles. The zero-order chi connectivity index (χ0) is 14.1. The normalized spacial score (nSPS) is 15.2. The van der Waals surface area contributed by atoms with Gasteiger partial charge in [-0.3, -0.25) is 0 Å². The molecule has 3 nitrogen and oxygen atoms in total. The van der Waals surface area contributed by atoms with Crippen LogP contribution in [-0.2, 0) is 0 Å². The number of nitrogens with one attached hydrogen (secondary N) is 1. The van der Waals surface area contributed by atoms with E-state index in [-0.39, 0.29) is 0 Å². The molecule has 3 heteroatoms. The van der Waals surface area contributed by atoms with Crippen molar-refractivity contribution in [3.05, 3.63) is 66.5 Å². The summed E-state index contributed by atoms with van der Waals surface area (Å²) in [5.41, 5.74) is 4.95. The van der Waals surface area contributed by atoms with Gasteiger partial charge >= 0.3 is 0 Å². The lowest BCUT2D eigenvalue weighted by Crippen LogP contribution is -2.28. The number of H-pyrrole nitrogens is 1. The summed E-state index contributed by atoms with van der Waals surface area (Å²) in [6.07, 6.45) is 7.31. The van der Waals surface area contributed by atoms with E-state index in [0.29, 0.717) is 0 Å². The van der Waals surface area contributed by atoms with Crippen LogP contribution in [0.2, 0.25) is 0 Å². The fraction of sp³-hybridized carbons (Fsp3) is 0.167. The Hall–Kier alpha value is -2.55. The van der Waals surface area contributed by atoms with Crippen LogP contribution in [0.4, 0.5) is 5.69 Å².